The van der Waals surface area contributed by atoms with Crippen LogP contribution < -0.4 is 104 Å². The molecule has 13 heteroatoms. The molecular weight excluding hydrogens is 563 g/mol. The van der Waals surface area contributed by atoms with Gasteiger partial charge < -0.3 is 44.4 Å². The third kappa shape index (κ3) is 7.07. The molecule has 0 unspecified atom stereocenters. The summed E-state index contributed by atoms with van der Waals surface area (Å²) >= 11 is 0. The molecule has 0 saturated heterocycles. The number of fused-ring (bicyclic) bond motifs is 6. The second-order valence-corrected chi connectivity index (χ2v) is 11.8. The second-order valence-electron chi connectivity index (χ2n) is 11.8. The van der Waals surface area contributed by atoms with E-state index in [9.17, 15) is 34.8 Å². The predicted octanol–water partition coefficient (Wildman–Crippen LogP) is -10.0. The van der Waals surface area contributed by atoms with Crippen molar-refractivity contribution < 1.29 is 133 Å². The molecule has 3 fully saturated rings. The van der Waals surface area contributed by atoms with Gasteiger partial charge in [-0.3, -0.25) is 0 Å². The Bertz CT molecular complexity index is 1210. The Morgan fingerprint density at radius 1 is 1.07 bits per heavy atom. The molecule has 0 radical (unpaired) electrons. The molecule has 0 aliphatic heterocycles. The normalized spacial score (nSPS) is 32.6. The van der Waals surface area contributed by atoms with E-state index in [-0.39, 0.29) is 99.5 Å². The van der Waals surface area contributed by atoms with E-state index in [1.807, 2.05) is 6.20 Å². The zero-order valence-corrected chi connectivity index (χ0v) is 30.5. The molecule has 2 N–H and O–H groups in total. The third-order valence-electron chi connectivity index (χ3n) is 9.92. The Morgan fingerprint density at radius 3 is 2.20 bits per heavy atom. The molecule has 10 nitrogen and oxygen atoms in total. The van der Waals surface area contributed by atoms with Crippen LogP contribution >= 0.6 is 0 Å². The predicted molar refractivity (Wildman–Crippen MR) is 126 cm³/mol. The molecule has 41 heavy (non-hydrogen) atoms. The SMILES string of the molecule is C#C[C@]1(O)CC[C@H]2[C@@H]3CCC4=Cc5oncc5C[C@]4(C)[C@H]3CC[C@@]21C.O=C([O-])CC(O)(CC(=O)[O-])C(=O)[O-].[Na+].[Na+].[Na+]. The van der Waals surface area contributed by atoms with Crippen LogP contribution in [0.5, 0.6) is 0 Å². The van der Waals surface area contributed by atoms with E-state index >= 15 is 0 Å². The quantitative estimate of drug-likeness (QED) is 0.245. The van der Waals surface area contributed by atoms with E-state index in [1.165, 1.54) is 12.0 Å². The van der Waals surface area contributed by atoms with E-state index in [1.54, 1.807) is 5.57 Å². The van der Waals surface area contributed by atoms with Crippen LogP contribution in [0.2, 0.25) is 0 Å². The van der Waals surface area contributed by atoms with E-state index in [0.29, 0.717) is 17.8 Å². The summed E-state index contributed by atoms with van der Waals surface area (Å²) in [5, 5.41) is 54.0. The van der Waals surface area contributed by atoms with Crippen molar-refractivity contribution in [1.82, 2.24) is 5.16 Å². The van der Waals surface area contributed by atoms with Gasteiger partial charge in [0.15, 0.2) is 5.76 Å². The number of nitrogens with zero attached hydrogens (tertiary/aromatic N) is 1. The summed E-state index contributed by atoms with van der Waals surface area (Å²) in [6.07, 6.45) is 14.7. The molecule has 206 valence electrons. The number of allylic oxidation sites excluding steroid dienone is 1. The Kier molecular flexibility index (Phi) is 13.6. The van der Waals surface area contributed by atoms with Crippen LogP contribution in [0.3, 0.4) is 0 Å². The van der Waals surface area contributed by atoms with Gasteiger partial charge in [0.2, 0.25) is 0 Å². The number of carbonyl (C=O) groups is 3. The van der Waals surface area contributed by atoms with Crippen LogP contribution in [0.1, 0.15) is 76.5 Å². The topological polar surface area (TPSA) is 187 Å². The van der Waals surface area contributed by atoms with Gasteiger partial charge in [0, 0.05) is 35.8 Å². The number of carboxylic acids is 3. The molecule has 1 aromatic heterocycles. The summed E-state index contributed by atoms with van der Waals surface area (Å²) in [4.78, 5) is 30.0. The van der Waals surface area contributed by atoms with Gasteiger partial charge in [-0.2, -0.15) is 0 Å². The van der Waals surface area contributed by atoms with Gasteiger partial charge in [-0.1, -0.05) is 30.5 Å². The summed E-state index contributed by atoms with van der Waals surface area (Å²) in [5.41, 5.74) is -0.985. The first kappa shape index (κ1) is 38.9. The summed E-state index contributed by atoms with van der Waals surface area (Å²) in [7, 11) is 0. The number of aromatic nitrogens is 1. The van der Waals surface area contributed by atoms with Crippen LogP contribution in [0.4, 0.5) is 0 Å². The maximum Gasteiger partial charge on any atom is 1.00 e. The van der Waals surface area contributed by atoms with E-state index in [2.05, 4.69) is 31.0 Å². The van der Waals surface area contributed by atoms with E-state index in [4.69, 9.17) is 16.1 Å². The number of rotatable bonds is 5. The number of carbonyl (C=O) groups excluding carboxylic acids is 3. The molecule has 0 amide bonds. The molecule has 0 spiro atoms. The van der Waals surface area contributed by atoms with Gasteiger partial charge in [0.1, 0.15) is 11.2 Å². The molecule has 4 aliphatic rings. The maximum absolute atomic E-state index is 11.1. The number of aliphatic hydroxyl groups is 2. The fraction of sp³-hybridized carbons (Fsp3) is 0.643. The molecule has 3 saturated carbocycles. The van der Waals surface area contributed by atoms with E-state index in [0.717, 1.165) is 44.3 Å². The van der Waals surface area contributed by atoms with E-state index < -0.39 is 42.0 Å². The largest absolute Gasteiger partial charge is 1.00 e. The molecule has 0 aromatic carbocycles. The molecule has 4 aliphatic carbocycles. The summed E-state index contributed by atoms with van der Waals surface area (Å²) < 4.78 is 5.43. The summed E-state index contributed by atoms with van der Waals surface area (Å²) in [5.74, 6) is -0.347. The van der Waals surface area contributed by atoms with Gasteiger partial charge in [-0.05, 0) is 74.2 Å². The fourth-order valence-electron chi connectivity index (χ4n) is 7.82. The van der Waals surface area contributed by atoms with Crippen LogP contribution in [0, 0.1) is 40.9 Å². The first-order valence-corrected chi connectivity index (χ1v) is 12.9. The Labute approximate surface area is 306 Å². The van der Waals surface area contributed by atoms with Gasteiger partial charge in [-0.15, -0.1) is 6.42 Å². The smallest absolute Gasteiger partial charge is 0.550 e. The third-order valence-corrected chi connectivity index (χ3v) is 9.92. The maximum atomic E-state index is 11.1. The van der Waals surface area contributed by atoms with Crippen LogP contribution in [-0.2, 0) is 20.8 Å². The molecule has 1 heterocycles. The van der Waals surface area contributed by atoms with Crippen LogP contribution in [-0.4, -0.2) is 44.5 Å². The fourth-order valence-corrected chi connectivity index (χ4v) is 7.82. The number of carboxylic acid groups (broad SMARTS) is 3. The zero-order chi connectivity index (χ0) is 28.1. The standard InChI is InChI=1S/C22H27NO2.C6H8O7.3Na/c1-4-22(24)10-8-18-16-6-5-15-11-19-14(13-23-25-19)12-20(15,2)17(16)7-9-21(18,22)3;7-3(8)1-6(13,5(11)12)2-4(9)10;;;/h1,11,13,16-18,24H,5-10,12H2,2-3H3;13H,1-2H2,(H,7,8)(H,9,10)(H,11,12);;;/q;;3*+1/p-3/t16-,17+,18+,20+,21+,22+;;;;/m1..../s1. The molecule has 5 rings (SSSR count). The second kappa shape index (κ2) is 14.3. The minimum absolute atomic E-state index is 0. The van der Waals surface area contributed by atoms with Crippen molar-refractivity contribution in [3.05, 3.63) is 23.1 Å². The zero-order valence-electron chi connectivity index (χ0n) is 24.5. The minimum atomic E-state index is -2.97. The number of hydrogen-bond acceptors (Lipinski definition) is 10. The summed E-state index contributed by atoms with van der Waals surface area (Å²) in [6.45, 7) is 4.71. The Morgan fingerprint density at radius 2 is 1.66 bits per heavy atom. The average Bonchev–Trinajstić information content (AvgIpc) is 3.37. The minimum Gasteiger partial charge on any atom is -0.550 e. The van der Waals surface area contributed by atoms with Gasteiger partial charge in [0.25, 0.3) is 0 Å². The van der Waals surface area contributed by atoms with Crippen molar-refractivity contribution in [1.29, 1.82) is 0 Å². The van der Waals surface area contributed by atoms with Crippen molar-refractivity contribution in [3.63, 3.8) is 0 Å². The number of aliphatic carboxylic acids is 3. The molecule has 0 bridgehead atoms. The van der Waals surface area contributed by atoms with Crippen molar-refractivity contribution in [2.45, 2.75) is 82.8 Å². The van der Waals surface area contributed by atoms with Gasteiger partial charge >= 0.3 is 88.7 Å². The average molecular weight is 596 g/mol. The molecule has 1 aromatic rings. The first-order valence-electron chi connectivity index (χ1n) is 12.9. The first-order chi connectivity index (χ1) is 17.7. The Balaban J connectivity index is 0.000000459. The van der Waals surface area contributed by atoms with Gasteiger partial charge in [-0.25, -0.2) is 0 Å². The number of terminal acetylenes is 1. The molecular formula is C28H32NNa3O9. The van der Waals surface area contributed by atoms with Gasteiger partial charge in [0.05, 0.1) is 12.2 Å². The van der Waals surface area contributed by atoms with Crippen molar-refractivity contribution in [3.8, 4) is 12.3 Å². The van der Waals surface area contributed by atoms with Crippen LogP contribution in [0.25, 0.3) is 6.08 Å². The molecule has 6 atom stereocenters. The van der Waals surface area contributed by atoms with Crippen molar-refractivity contribution in [2.24, 2.45) is 28.6 Å². The number of hydrogen-bond donors (Lipinski definition) is 2. The van der Waals surface area contributed by atoms with Crippen molar-refractivity contribution >= 4 is 24.0 Å². The van der Waals surface area contributed by atoms with Crippen molar-refractivity contribution in [2.75, 3.05) is 0 Å². The monoisotopic (exact) mass is 595 g/mol. The van der Waals surface area contributed by atoms with Crippen LogP contribution in [0.15, 0.2) is 16.3 Å². The Hall–Kier alpha value is -0.160. The summed E-state index contributed by atoms with van der Waals surface area (Å²) in [6, 6.07) is 0.